The smallest absolute Gasteiger partial charge is 0.243 e. The van der Waals surface area contributed by atoms with Crippen molar-refractivity contribution in [1.29, 1.82) is 0 Å². The normalized spacial score (nSPS) is 23.5. The summed E-state index contributed by atoms with van der Waals surface area (Å²) in [4.78, 5) is 135. The molecule has 4 fully saturated rings. The first-order valence-electron chi connectivity index (χ1n) is 44.4. The van der Waals surface area contributed by atoms with E-state index in [1.165, 1.54) is 0 Å². The highest BCUT2D eigenvalue weighted by Crippen LogP contribution is 2.68. The third kappa shape index (κ3) is 26.2. The lowest BCUT2D eigenvalue weighted by Crippen LogP contribution is -2.69. The number of carbonyl (C=O) groups is 9. The zero-order valence-corrected chi connectivity index (χ0v) is 71.1. The molecular weight excluding hydrogens is 1520 g/mol. The van der Waals surface area contributed by atoms with Crippen LogP contribution < -0.4 is 82.3 Å². The first-order chi connectivity index (χ1) is 58.4. The van der Waals surface area contributed by atoms with Crippen molar-refractivity contribution in [2.24, 2.45) is 80.7 Å². The van der Waals surface area contributed by atoms with Gasteiger partial charge in [0.1, 0.15) is 36.3 Å². The van der Waals surface area contributed by atoms with Gasteiger partial charge in [-0.2, -0.15) is 0 Å². The van der Waals surface area contributed by atoms with Crippen molar-refractivity contribution in [2.75, 3.05) is 26.2 Å². The molecule has 6 aromatic carbocycles. The number of aliphatic hydroxyl groups is 1. The summed E-state index contributed by atoms with van der Waals surface area (Å²) in [6.45, 7) is 7.90. The fourth-order valence-electron chi connectivity index (χ4n) is 20.2. The van der Waals surface area contributed by atoms with Gasteiger partial charge in [0.25, 0.3) is 0 Å². The van der Waals surface area contributed by atoms with E-state index in [0.29, 0.717) is 103 Å². The van der Waals surface area contributed by atoms with E-state index in [1.54, 1.807) is 0 Å². The summed E-state index contributed by atoms with van der Waals surface area (Å²) in [5.41, 5.74) is 41.9. The number of amides is 9. The maximum absolute atomic E-state index is 16.1. The number of nitrogens with two attached hydrogens (primary N) is 6. The van der Waals surface area contributed by atoms with E-state index in [4.69, 9.17) is 34.4 Å². The number of nitrogens with one attached hydrogen (secondary N) is 9. The summed E-state index contributed by atoms with van der Waals surface area (Å²) in [5.74, 6) is -5.01. The minimum atomic E-state index is -1.14. The van der Waals surface area contributed by atoms with Gasteiger partial charge in [-0.1, -0.05) is 203 Å². The number of unbranched alkanes of at least 4 members (excludes halogenated alkanes) is 3. The third-order valence-corrected chi connectivity index (χ3v) is 26.8. The molecule has 0 saturated heterocycles. The second-order valence-electron chi connectivity index (χ2n) is 35.2. The predicted octanol–water partition coefficient (Wildman–Crippen LogP) is 6.46. The summed E-state index contributed by atoms with van der Waals surface area (Å²) in [7, 11) is 0. The van der Waals surface area contributed by atoms with Crippen molar-refractivity contribution >= 4 is 53.2 Å². The topological polar surface area (TPSA) is 438 Å². The van der Waals surface area contributed by atoms with Gasteiger partial charge in [-0.15, -0.1) is 0 Å². The van der Waals surface area contributed by atoms with Gasteiger partial charge in [0.15, 0.2) is 0 Å². The van der Waals surface area contributed by atoms with Crippen molar-refractivity contribution in [3.8, 4) is 0 Å². The van der Waals surface area contributed by atoms with E-state index in [0.717, 1.165) is 46.2 Å². The van der Waals surface area contributed by atoms with Crippen LogP contribution in [0.15, 0.2) is 182 Å². The maximum Gasteiger partial charge on any atom is 0.243 e. The van der Waals surface area contributed by atoms with Gasteiger partial charge in [0, 0.05) is 44.0 Å². The molecule has 654 valence electrons. The van der Waals surface area contributed by atoms with Crippen molar-refractivity contribution in [2.45, 2.75) is 247 Å². The number of hydrogen-bond donors (Lipinski definition) is 16. The van der Waals surface area contributed by atoms with Gasteiger partial charge in [0.05, 0.1) is 18.1 Å². The van der Waals surface area contributed by atoms with Gasteiger partial charge < -0.3 is 87.4 Å². The van der Waals surface area contributed by atoms with Gasteiger partial charge in [-0.05, 0) is 234 Å². The number of aliphatic hydroxyl groups excluding tert-OH is 1. The Balaban J connectivity index is 0.986. The van der Waals surface area contributed by atoms with Gasteiger partial charge in [0.2, 0.25) is 53.2 Å². The molecular formula is C96H135N15O10. The molecule has 0 bridgehead atoms. The minimum absolute atomic E-state index is 0.000317. The quantitative estimate of drug-likeness (QED) is 0.0182. The molecule has 6 aromatic rings. The molecule has 4 aliphatic carbocycles. The molecule has 121 heavy (non-hydrogen) atoms. The van der Waals surface area contributed by atoms with Crippen LogP contribution in [0, 0.1) is 46.3 Å². The average molecular weight is 1660 g/mol. The van der Waals surface area contributed by atoms with Gasteiger partial charge in [-0.25, -0.2) is 0 Å². The average Bonchev–Trinajstić information content (AvgIpc) is 1.64. The summed E-state index contributed by atoms with van der Waals surface area (Å²) in [6, 6.07) is 45.3. The van der Waals surface area contributed by atoms with Gasteiger partial charge in [-0.3, -0.25) is 43.2 Å². The zero-order valence-electron chi connectivity index (χ0n) is 71.1. The summed E-state index contributed by atoms with van der Waals surface area (Å²) < 4.78 is 0. The summed E-state index contributed by atoms with van der Waals surface area (Å²) in [5, 5.41) is 39.4. The molecule has 25 heteroatoms. The molecule has 10 rings (SSSR count). The van der Waals surface area contributed by atoms with E-state index in [1.807, 2.05) is 182 Å². The fraction of sp³-hybridized carbons (Fsp3) is 0.531. The number of fused-ring (bicyclic) bond motifs is 5. The van der Waals surface area contributed by atoms with Crippen molar-refractivity contribution < 1.29 is 48.3 Å². The fourth-order valence-corrected chi connectivity index (χ4v) is 20.2. The van der Waals surface area contributed by atoms with Crippen LogP contribution in [0.4, 0.5) is 0 Å². The highest BCUT2D eigenvalue weighted by Gasteiger charge is 2.67. The zero-order chi connectivity index (χ0) is 86.4. The number of carbonyl (C=O) groups excluding carboxylic acids is 9. The number of hydrogen-bond acceptors (Lipinski definition) is 16. The minimum Gasteiger partial charge on any atom is -0.396 e. The molecule has 4 aliphatic rings. The molecule has 20 atom stereocenters. The van der Waals surface area contributed by atoms with E-state index >= 15 is 24.0 Å². The summed E-state index contributed by atoms with van der Waals surface area (Å²) >= 11 is 0. The second kappa shape index (κ2) is 46.5. The Hall–Kier alpha value is -9.73. The predicted molar refractivity (Wildman–Crippen MR) is 472 cm³/mol. The molecule has 0 spiro atoms. The largest absolute Gasteiger partial charge is 0.396 e. The van der Waals surface area contributed by atoms with Crippen molar-refractivity contribution in [3.05, 3.63) is 215 Å². The van der Waals surface area contributed by atoms with Crippen LogP contribution in [-0.4, -0.2) is 157 Å². The highest BCUT2D eigenvalue weighted by atomic mass is 16.3. The Morgan fingerprint density at radius 1 is 0.372 bits per heavy atom. The molecule has 9 amide bonds. The van der Waals surface area contributed by atoms with Gasteiger partial charge >= 0.3 is 0 Å². The Morgan fingerprint density at radius 2 is 0.711 bits per heavy atom. The molecule has 0 radical (unpaired) electrons. The lowest BCUT2D eigenvalue weighted by atomic mass is 9.42. The SMILES string of the molecule is C[C@H](CCCO)[C@H]1CC[C@H]2[C@@H]3[C@H](NC(=O)[C@H](CCCCN)NC(=O)[C@H](Cc4ccccc4)NC(=O)[C@@H](N)Cc4ccccc4)C[C@@H]4C[C@H](NC(=O)[C@H](CCCCN)NC(=O)[C@H](Cc5ccccc5)NC(=O)[C@@H](N)Cc5ccccc5)CC[C@]4(C)[C@H]3C[C@H](NC(=O)[C@H](CCCCN)NC(=O)[C@H](Cc3ccccc3)NC(=O)[C@@H](N)Cc3ccccc3)[C@]12C. The maximum atomic E-state index is 16.1. The standard InChI is InChI=1S/C96H135N15O10/c1-62(29-28-52-112)71-45-46-72-85-73(61-84(96(71,72)3)111-91(118)79(44-24-27-51-99)106-94(121)83(58-68-40-20-9-21-41-68)110-88(115)76(102)55-65-34-14-6-15-35-65)95(2)48-47-70(103-89(116)77(42-22-25-49-97)104-92(119)81(56-66-36-16-7-17-37-66)108-86(113)74(100)53-63-30-10-4-11-31-63)59-69(95)60-80(85)107-90(117)78(43-23-26-50-98)105-93(120)82(57-67-38-18-8-19-39-67)109-87(114)75(101)54-64-32-12-5-13-33-64/h4-21,30-41,62,69-85,112H,22-29,42-61,97-102H2,1-3H3,(H,103,116)(H,104,119)(H,105,120)(H,106,121)(H,107,117)(H,108,113)(H,109,114)(H,110,115)(H,111,118)/t62-,69+,70-,71-,72+,73+,74+,75+,76+,77+,78+,79+,80-,81+,82+,83+,84+,85+,95+,96-/m1/s1. The van der Waals surface area contributed by atoms with Crippen LogP contribution in [-0.2, 0) is 81.7 Å². The Bertz CT molecular complexity index is 4260. The molecule has 0 aromatic heterocycles. The third-order valence-electron chi connectivity index (χ3n) is 26.8. The van der Waals surface area contributed by atoms with E-state index < -0.39 is 131 Å². The Morgan fingerprint density at radius 3 is 1.07 bits per heavy atom. The number of rotatable bonds is 46. The first kappa shape index (κ1) is 93.5. The van der Waals surface area contributed by atoms with E-state index in [-0.39, 0.29) is 106 Å². The van der Waals surface area contributed by atoms with E-state index in [2.05, 4.69) is 68.6 Å². The van der Waals surface area contributed by atoms with E-state index in [9.17, 15) is 24.3 Å². The Kier molecular flexibility index (Phi) is 35.9. The van der Waals surface area contributed by atoms with Crippen molar-refractivity contribution in [1.82, 2.24) is 47.9 Å². The lowest BCUT2D eigenvalue weighted by Gasteiger charge is -2.65. The molecule has 0 aliphatic heterocycles. The van der Waals surface area contributed by atoms with Crippen LogP contribution in [0.25, 0.3) is 0 Å². The molecule has 25 nitrogen and oxygen atoms in total. The molecule has 0 unspecified atom stereocenters. The molecule has 4 saturated carbocycles. The first-order valence-corrected chi connectivity index (χ1v) is 44.4. The van der Waals surface area contributed by atoms with Crippen LogP contribution in [0.5, 0.6) is 0 Å². The van der Waals surface area contributed by atoms with Crippen LogP contribution in [0.2, 0.25) is 0 Å². The highest BCUT2D eigenvalue weighted by molar-refractivity contribution is 5.96. The lowest BCUT2D eigenvalue weighted by molar-refractivity contribution is -0.155. The molecule has 22 N–H and O–H groups in total. The molecule has 0 heterocycles. The van der Waals surface area contributed by atoms with Crippen LogP contribution in [0.3, 0.4) is 0 Å². The Labute approximate surface area is 715 Å². The second-order valence-corrected chi connectivity index (χ2v) is 35.2. The van der Waals surface area contributed by atoms with Crippen LogP contribution in [0.1, 0.15) is 170 Å². The van der Waals surface area contributed by atoms with Crippen LogP contribution >= 0.6 is 0 Å². The number of benzene rings is 6. The van der Waals surface area contributed by atoms with Crippen molar-refractivity contribution in [3.63, 3.8) is 0 Å². The summed E-state index contributed by atoms with van der Waals surface area (Å²) in [6.07, 6.45) is 10.4. The monoisotopic (exact) mass is 1660 g/mol.